The third-order valence-electron chi connectivity index (χ3n) is 1.46. The molecule has 2 aromatic heterocycles. The van der Waals surface area contributed by atoms with Gasteiger partial charge in [-0.15, -0.1) is 5.10 Å². The maximum atomic E-state index is 11.4. The number of hydrogen-bond donors (Lipinski definition) is 2. The molecule has 0 aromatic carbocycles. The van der Waals surface area contributed by atoms with Gasteiger partial charge in [0.05, 0.1) is 11.8 Å². The van der Waals surface area contributed by atoms with Gasteiger partial charge in [0.25, 0.3) is 5.91 Å². The molecule has 2 aromatic rings. The summed E-state index contributed by atoms with van der Waals surface area (Å²) in [5.41, 5.74) is 0.591. The van der Waals surface area contributed by atoms with Gasteiger partial charge in [0.2, 0.25) is 0 Å². The van der Waals surface area contributed by atoms with Crippen LogP contribution in [-0.4, -0.2) is 20.5 Å². The molecule has 0 saturated heterocycles. The van der Waals surface area contributed by atoms with E-state index in [2.05, 4.69) is 19.9 Å². The lowest BCUT2D eigenvalue weighted by Gasteiger charge is -1.96. The number of aromatic nitrogens is 3. The predicted octanol–water partition coefficient (Wildman–Crippen LogP) is 1.12. The van der Waals surface area contributed by atoms with Gasteiger partial charge >= 0.3 is 0 Å². The van der Waals surface area contributed by atoms with Gasteiger partial charge in [-0.05, 0) is 6.07 Å². The summed E-state index contributed by atoms with van der Waals surface area (Å²) in [6.45, 7) is 0. The Balaban J connectivity index is 2.08. The molecule has 0 radical (unpaired) electrons. The normalized spacial score (nSPS) is 9.85. The summed E-state index contributed by atoms with van der Waals surface area (Å²) in [5.74, 6) is -0.160. The summed E-state index contributed by atoms with van der Waals surface area (Å²) in [4.78, 5) is 14.2. The number of amides is 1. The van der Waals surface area contributed by atoms with Crippen LogP contribution < -0.4 is 5.32 Å². The van der Waals surface area contributed by atoms with Crippen molar-refractivity contribution in [3.8, 4) is 0 Å². The molecule has 0 aliphatic rings. The van der Waals surface area contributed by atoms with Gasteiger partial charge < -0.3 is 10.3 Å². The third kappa shape index (κ3) is 1.73. The summed E-state index contributed by atoms with van der Waals surface area (Å²) in [5, 5.41) is 6.91. The molecule has 0 aliphatic carbocycles. The van der Waals surface area contributed by atoms with E-state index >= 15 is 0 Å². The van der Waals surface area contributed by atoms with Crippen molar-refractivity contribution in [3.05, 3.63) is 30.2 Å². The molecule has 13 heavy (non-hydrogen) atoms. The molecule has 1 amide bonds. The lowest BCUT2D eigenvalue weighted by molar-refractivity contribution is 0.102. The van der Waals surface area contributed by atoms with Gasteiger partial charge in [0.1, 0.15) is 5.00 Å². The largest absolute Gasteiger partial charge is 0.367 e. The molecule has 0 aliphatic heterocycles. The van der Waals surface area contributed by atoms with Crippen LogP contribution in [0.4, 0.5) is 5.00 Å². The Morgan fingerprint density at radius 2 is 2.54 bits per heavy atom. The zero-order chi connectivity index (χ0) is 9.10. The monoisotopic (exact) mass is 194 g/mol. The van der Waals surface area contributed by atoms with E-state index in [0.29, 0.717) is 10.6 Å². The van der Waals surface area contributed by atoms with Crippen molar-refractivity contribution >= 4 is 22.4 Å². The van der Waals surface area contributed by atoms with E-state index in [4.69, 9.17) is 0 Å². The second-order valence-corrected chi connectivity index (χ2v) is 3.12. The highest BCUT2D eigenvalue weighted by Gasteiger charge is 2.06. The van der Waals surface area contributed by atoms with Crippen molar-refractivity contribution in [2.24, 2.45) is 0 Å². The van der Waals surface area contributed by atoms with Crippen LogP contribution in [0.2, 0.25) is 0 Å². The molecule has 0 atom stereocenters. The fraction of sp³-hybridized carbons (Fsp3) is 0. The first-order valence-electron chi connectivity index (χ1n) is 3.58. The van der Waals surface area contributed by atoms with Gasteiger partial charge in [0, 0.05) is 23.9 Å². The van der Waals surface area contributed by atoms with Crippen molar-refractivity contribution in [1.29, 1.82) is 0 Å². The average molecular weight is 194 g/mol. The first-order chi connectivity index (χ1) is 6.36. The SMILES string of the molecule is O=C(Nc1cnns1)c1cc[nH]c1. The van der Waals surface area contributed by atoms with Crippen LogP contribution in [0.1, 0.15) is 10.4 Å². The maximum absolute atomic E-state index is 11.4. The Kier molecular flexibility index (Phi) is 2.05. The second kappa shape index (κ2) is 3.36. The van der Waals surface area contributed by atoms with Crippen molar-refractivity contribution in [3.63, 3.8) is 0 Å². The highest BCUT2D eigenvalue weighted by molar-refractivity contribution is 7.10. The lowest BCUT2D eigenvalue weighted by atomic mass is 10.3. The topological polar surface area (TPSA) is 70.7 Å². The molecule has 0 saturated carbocycles. The van der Waals surface area contributed by atoms with Crippen LogP contribution in [0.15, 0.2) is 24.7 Å². The van der Waals surface area contributed by atoms with E-state index in [1.54, 1.807) is 18.5 Å². The van der Waals surface area contributed by atoms with Crippen molar-refractivity contribution in [1.82, 2.24) is 14.6 Å². The number of anilines is 1. The predicted molar refractivity (Wildman–Crippen MR) is 48.7 cm³/mol. The standard InChI is InChI=1S/C7H6N4OS/c12-7(5-1-2-8-3-5)10-6-4-9-11-13-6/h1-4,8H,(H,10,12). The Labute approximate surface area is 78.0 Å². The summed E-state index contributed by atoms with van der Waals surface area (Å²) in [6, 6.07) is 1.70. The molecular formula is C7H6N4OS. The van der Waals surface area contributed by atoms with Crippen LogP contribution in [-0.2, 0) is 0 Å². The minimum absolute atomic E-state index is 0.160. The number of rotatable bonds is 2. The van der Waals surface area contributed by atoms with E-state index in [9.17, 15) is 4.79 Å². The third-order valence-corrected chi connectivity index (χ3v) is 2.04. The van der Waals surface area contributed by atoms with Gasteiger partial charge in [-0.2, -0.15) is 0 Å². The van der Waals surface area contributed by atoms with E-state index in [1.165, 1.54) is 6.20 Å². The molecule has 0 spiro atoms. The molecule has 2 rings (SSSR count). The maximum Gasteiger partial charge on any atom is 0.257 e. The number of nitrogens with zero attached hydrogens (tertiary/aromatic N) is 2. The molecule has 0 fully saturated rings. The first-order valence-corrected chi connectivity index (χ1v) is 4.35. The molecule has 5 nitrogen and oxygen atoms in total. The van der Waals surface area contributed by atoms with Crippen molar-refractivity contribution in [2.75, 3.05) is 5.32 Å². The molecule has 2 heterocycles. The Bertz CT molecular complexity index is 381. The van der Waals surface area contributed by atoms with E-state index < -0.39 is 0 Å². The quantitative estimate of drug-likeness (QED) is 0.752. The summed E-state index contributed by atoms with van der Waals surface area (Å²) >= 11 is 1.15. The Morgan fingerprint density at radius 1 is 1.62 bits per heavy atom. The zero-order valence-electron chi connectivity index (χ0n) is 6.52. The number of carbonyl (C=O) groups is 1. The zero-order valence-corrected chi connectivity index (χ0v) is 7.34. The minimum atomic E-state index is -0.160. The van der Waals surface area contributed by atoms with Crippen LogP contribution >= 0.6 is 11.5 Å². The van der Waals surface area contributed by atoms with Crippen molar-refractivity contribution in [2.45, 2.75) is 0 Å². The van der Waals surface area contributed by atoms with Crippen LogP contribution in [0.3, 0.4) is 0 Å². The molecular weight excluding hydrogens is 188 g/mol. The van der Waals surface area contributed by atoms with Gasteiger partial charge in [-0.25, -0.2) is 0 Å². The fourth-order valence-corrected chi connectivity index (χ4v) is 1.29. The molecule has 0 unspecified atom stereocenters. The average Bonchev–Trinajstić information content (AvgIpc) is 2.74. The smallest absolute Gasteiger partial charge is 0.257 e. The summed E-state index contributed by atoms with van der Waals surface area (Å²) in [6.07, 6.45) is 4.83. The van der Waals surface area contributed by atoms with E-state index in [0.717, 1.165) is 11.5 Å². The molecule has 0 bridgehead atoms. The van der Waals surface area contributed by atoms with Gasteiger partial charge in [-0.1, -0.05) is 4.49 Å². The summed E-state index contributed by atoms with van der Waals surface area (Å²) in [7, 11) is 0. The molecule has 2 N–H and O–H groups in total. The molecule has 6 heteroatoms. The number of carbonyl (C=O) groups excluding carboxylic acids is 1. The summed E-state index contributed by atoms with van der Waals surface area (Å²) < 4.78 is 3.63. The van der Waals surface area contributed by atoms with Gasteiger partial charge in [0.15, 0.2) is 0 Å². The number of H-pyrrole nitrogens is 1. The fourth-order valence-electron chi connectivity index (χ4n) is 0.871. The van der Waals surface area contributed by atoms with Gasteiger partial charge in [-0.3, -0.25) is 4.79 Å². The van der Waals surface area contributed by atoms with E-state index in [1.807, 2.05) is 0 Å². The second-order valence-electron chi connectivity index (χ2n) is 2.34. The highest BCUT2D eigenvalue weighted by atomic mass is 32.1. The number of hydrogen-bond acceptors (Lipinski definition) is 4. The molecule has 66 valence electrons. The highest BCUT2D eigenvalue weighted by Crippen LogP contribution is 2.10. The first kappa shape index (κ1) is 7.93. The lowest BCUT2D eigenvalue weighted by Crippen LogP contribution is -2.09. The van der Waals surface area contributed by atoms with Crippen molar-refractivity contribution < 1.29 is 4.79 Å². The Hall–Kier alpha value is -1.69. The number of aromatic amines is 1. The Morgan fingerprint density at radius 3 is 3.15 bits per heavy atom. The van der Waals surface area contributed by atoms with E-state index in [-0.39, 0.29) is 5.91 Å². The minimum Gasteiger partial charge on any atom is -0.367 e. The van der Waals surface area contributed by atoms with Crippen LogP contribution in [0.5, 0.6) is 0 Å². The van der Waals surface area contributed by atoms with Crippen LogP contribution in [0, 0.1) is 0 Å². The number of nitrogens with one attached hydrogen (secondary N) is 2. The van der Waals surface area contributed by atoms with Crippen LogP contribution in [0.25, 0.3) is 0 Å².